The molecule has 2 aliphatic rings. The van der Waals surface area contributed by atoms with Crippen molar-refractivity contribution in [2.45, 2.75) is 31.3 Å². The Hall–Kier alpha value is -1.81. The number of amides is 1. The number of piperazine rings is 1. The van der Waals surface area contributed by atoms with E-state index in [1.54, 1.807) is 0 Å². The second kappa shape index (κ2) is 7.90. The molecule has 28 heavy (non-hydrogen) atoms. The second-order valence-electron chi connectivity index (χ2n) is 7.02. The maximum Gasteiger partial charge on any atom is 0.416 e. The SMILES string of the molecule is O=C(c1cc(C(F)(F)F)cc(C(F)(F)F)c1)N1CCN(CC2CCCO2)CC1. The molecule has 3 rings (SSSR count). The number of ether oxygens (including phenoxy) is 1. The molecule has 0 radical (unpaired) electrons. The zero-order chi connectivity index (χ0) is 20.5. The van der Waals surface area contributed by atoms with E-state index >= 15 is 0 Å². The van der Waals surface area contributed by atoms with Crippen molar-refractivity contribution in [1.29, 1.82) is 0 Å². The number of hydrogen-bond acceptors (Lipinski definition) is 3. The molecular formula is C18H20F6N2O2. The topological polar surface area (TPSA) is 32.8 Å². The Morgan fingerprint density at radius 3 is 2.00 bits per heavy atom. The van der Waals surface area contributed by atoms with Gasteiger partial charge in [-0.2, -0.15) is 26.3 Å². The van der Waals surface area contributed by atoms with Gasteiger partial charge < -0.3 is 9.64 Å². The fraction of sp³-hybridized carbons (Fsp3) is 0.611. The van der Waals surface area contributed by atoms with Crippen LogP contribution in [0.1, 0.15) is 34.3 Å². The molecule has 10 heteroatoms. The Kier molecular flexibility index (Phi) is 5.90. The van der Waals surface area contributed by atoms with Crippen LogP contribution in [0.5, 0.6) is 0 Å². The molecule has 1 aromatic rings. The van der Waals surface area contributed by atoms with E-state index in [4.69, 9.17) is 4.74 Å². The van der Waals surface area contributed by atoms with Crippen molar-refractivity contribution in [1.82, 2.24) is 9.80 Å². The van der Waals surface area contributed by atoms with Gasteiger partial charge in [-0.1, -0.05) is 0 Å². The minimum atomic E-state index is -4.98. The van der Waals surface area contributed by atoms with E-state index < -0.39 is 35.0 Å². The van der Waals surface area contributed by atoms with Gasteiger partial charge in [0, 0.05) is 44.9 Å². The highest BCUT2D eigenvalue weighted by Gasteiger charge is 2.38. The van der Waals surface area contributed by atoms with Crippen LogP contribution in [-0.2, 0) is 17.1 Å². The Balaban J connectivity index is 1.71. The lowest BCUT2D eigenvalue weighted by Crippen LogP contribution is -2.50. The summed E-state index contributed by atoms with van der Waals surface area (Å²) in [7, 11) is 0. The zero-order valence-corrected chi connectivity index (χ0v) is 14.9. The molecule has 2 fully saturated rings. The molecule has 0 spiro atoms. The summed E-state index contributed by atoms with van der Waals surface area (Å²) in [6.45, 7) is 2.91. The number of halogens is 6. The third kappa shape index (κ3) is 4.96. The summed E-state index contributed by atoms with van der Waals surface area (Å²) in [5, 5.41) is 0. The van der Waals surface area contributed by atoms with Gasteiger partial charge in [0.2, 0.25) is 0 Å². The van der Waals surface area contributed by atoms with Crippen molar-refractivity contribution in [3.63, 3.8) is 0 Å². The van der Waals surface area contributed by atoms with Crippen molar-refractivity contribution >= 4 is 5.91 Å². The van der Waals surface area contributed by atoms with Crippen LogP contribution in [0, 0.1) is 0 Å². The molecular weight excluding hydrogens is 390 g/mol. The lowest BCUT2D eigenvalue weighted by Gasteiger charge is -2.35. The molecule has 4 nitrogen and oxygen atoms in total. The first-order valence-electron chi connectivity index (χ1n) is 8.97. The van der Waals surface area contributed by atoms with E-state index in [1.165, 1.54) is 4.90 Å². The minimum absolute atomic E-state index is 0.0241. The fourth-order valence-electron chi connectivity index (χ4n) is 3.47. The number of carbonyl (C=O) groups excluding carboxylic acids is 1. The molecule has 2 aliphatic heterocycles. The van der Waals surface area contributed by atoms with E-state index in [-0.39, 0.29) is 25.3 Å². The maximum atomic E-state index is 13.0. The highest BCUT2D eigenvalue weighted by atomic mass is 19.4. The first-order valence-corrected chi connectivity index (χ1v) is 8.97. The normalized spacial score (nSPS) is 21.9. The smallest absolute Gasteiger partial charge is 0.377 e. The number of nitrogens with zero attached hydrogens (tertiary/aromatic N) is 2. The van der Waals surface area contributed by atoms with Crippen LogP contribution in [0.15, 0.2) is 18.2 Å². The summed E-state index contributed by atoms with van der Waals surface area (Å²) in [4.78, 5) is 15.9. The van der Waals surface area contributed by atoms with Gasteiger partial charge in [-0.15, -0.1) is 0 Å². The van der Waals surface area contributed by atoms with E-state index in [9.17, 15) is 31.1 Å². The van der Waals surface area contributed by atoms with Crippen LogP contribution in [0.3, 0.4) is 0 Å². The Morgan fingerprint density at radius 2 is 1.54 bits per heavy atom. The maximum absolute atomic E-state index is 13.0. The van der Waals surface area contributed by atoms with Crippen molar-refractivity contribution < 1.29 is 35.9 Å². The van der Waals surface area contributed by atoms with Crippen molar-refractivity contribution in [3.05, 3.63) is 34.9 Å². The molecule has 0 N–H and O–H groups in total. The first-order chi connectivity index (χ1) is 13.0. The van der Waals surface area contributed by atoms with E-state index in [0.29, 0.717) is 31.8 Å². The van der Waals surface area contributed by atoms with Gasteiger partial charge in [-0.05, 0) is 31.0 Å². The van der Waals surface area contributed by atoms with E-state index in [0.717, 1.165) is 19.4 Å². The highest BCUT2D eigenvalue weighted by Crippen LogP contribution is 2.36. The third-order valence-electron chi connectivity index (χ3n) is 4.98. The Bertz CT molecular complexity index is 673. The third-order valence-corrected chi connectivity index (χ3v) is 4.98. The lowest BCUT2D eigenvalue weighted by molar-refractivity contribution is -0.143. The van der Waals surface area contributed by atoms with Gasteiger partial charge in [0.15, 0.2) is 0 Å². The zero-order valence-electron chi connectivity index (χ0n) is 14.9. The number of benzene rings is 1. The van der Waals surface area contributed by atoms with Gasteiger partial charge >= 0.3 is 12.4 Å². The van der Waals surface area contributed by atoms with Crippen LogP contribution >= 0.6 is 0 Å². The summed E-state index contributed by atoms with van der Waals surface area (Å²) in [5.74, 6) is -0.826. The second-order valence-corrected chi connectivity index (χ2v) is 7.02. The Morgan fingerprint density at radius 1 is 0.964 bits per heavy atom. The first kappa shape index (κ1) is 20.9. The van der Waals surface area contributed by atoms with Crippen molar-refractivity contribution in [3.8, 4) is 0 Å². The predicted octanol–water partition coefficient (Wildman–Crippen LogP) is 3.66. The Labute approximate surface area is 158 Å². The fourth-order valence-corrected chi connectivity index (χ4v) is 3.47. The molecule has 0 bridgehead atoms. The highest BCUT2D eigenvalue weighted by molar-refractivity contribution is 5.94. The molecule has 0 aromatic heterocycles. The number of hydrogen-bond donors (Lipinski definition) is 0. The summed E-state index contributed by atoms with van der Waals surface area (Å²) < 4.78 is 83.4. The van der Waals surface area contributed by atoms with Gasteiger partial charge in [-0.3, -0.25) is 9.69 Å². The van der Waals surface area contributed by atoms with E-state index in [1.807, 2.05) is 0 Å². The molecule has 0 saturated carbocycles. The average Bonchev–Trinajstić information content (AvgIpc) is 3.13. The number of alkyl halides is 6. The summed E-state index contributed by atoms with van der Waals surface area (Å²) in [6, 6.07) is 0.989. The predicted molar refractivity (Wildman–Crippen MR) is 87.8 cm³/mol. The van der Waals surface area contributed by atoms with Crippen LogP contribution in [0.4, 0.5) is 26.3 Å². The van der Waals surface area contributed by atoms with Gasteiger partial charge in [0.25, 0.3) is 5.91 Å². The summed E-state index contributed by atoms with van der Waals surface area (Å²) in [5.41, 5.74) is -3.57. The molecule has 1 aromatic carbocycles. The molecule has 0 aliphatic carbocycles. The van der Waals surface area contributed by atoms with Crippen molar-refractivity contribution in [2.75, 3.05) is 39.3 Å². The van der Waals surface area contributed by atoms with E-state index in [2.05, 4.69) is 4.90 Å². The molecule has 1 atom stereocenters. The number of rotatable bonds is 3. The van der Waals surface area contributed by atoms with Crippen LogP contribution < -0.4 is 0 Å². The molecule has 1 amide bonds. The largest absolute Gasteiger partial charge is 0.416 e. The van der Waals surface area contributed by atoms with Crippen molar-refractivity contribution in [2.24, 2.45) is 0 Å². The standard InChI is InChI=1S/C18H20F6N2O2/c19-17(20,21)13-8-12(9-14(10-13)18(22,23)24)16(27)26-5-3-25(4-6-26)11-15-2-1-7-28-15/h8-10,15H,1-7,11H2. The minimum Gasteiger partial charge on any atom is -0.377 e. The lowest BCUT2D eigenvalue weighted by atomic mass is 10.0. The molecule has 2 heterocycles. The molecule has 156 valence electrons. The van der Waals surface area contributed by atoms with Gasteiger partial charge in [0.1, 0.15) is 0 Å². The van der Waals surface area contributed by atoms with Gasteiger partial charge in [0.05, 0.1) is 17.2 Å². The van der Waals surface area contributed by atoms with Crippen LogP contribution in [0.2, 0.25) is 0 Å². The monoisotopic (exact) mass is 410 g/mol. The molecule has 1 unspecified atom stereocenters. The quantitative estimate of drug-likeness (QED) is 0.713. The molecule has 2 saturated heterocycles. The average molecular weight is 410 g/mol. The number of carbonyl (C=O) groups is 1. The van der Waals surface area contributed by atoms with Crippen LogP contribution in [0.25, 0.3) is 0 Å². The summed E-state index contributed by atoms with van der Waals surface area (Å²) in [6.07, 6.45) is -7.85. The van der Waals surface area contributed by atoms with Crippen LogP contribution in [-0.4, -0.2) is 61.1 Å². The van der Waals surface area contributed by atoms with Gasteiger partial charge in [-0.25, -0.2) is 0 Å². The summed E-state index contributed by atoms with van der Waals surface area (Å²) >= 11 is 0.